The van der Waals surface area contributed by atoms with Crippen molar-refractivity contribution in [2.75, 3.05) is 0 Å². The van der Waals surface area contributed by atoms with Crippen LogP contribution in [0.25, 0.3) is 0 Å². The second-order valence-corrected chi connectivity index (χ2v) is 9.83. The Balaban J connectivity index is 1.62. The molecule has 0 saturated carbocycles. The molecular formula is C20H26N2O5S. The van der Waals surface area contributed by atoms with Crippen molar-refractivity contribution in [3.8, 4) is 5.75 Å². The number of carbonyl (C=O) groups is 3. The number of aliphatic carboxylic acids is 1. The van der Waals surface area contributed by atoms with E-state index in [2.05, 4.69) is 5.32 Å². The number of para-hydroxylation sites is 1. The highest BCUT2D eigenvalue weighted by Crippen LogP contribution is 2.50. The molecule has 0 spiro atoms. The van der Waals surface area contributed by atoms with Crippen LogP contribution in [0.1, 0.15) is 34.1 Å². The summed E-state index contributed by atoms with van der Waals surface area (Å²) in [7, 11) is 0. The van der Waals surface area contributed by atoms with Crippen molar-refractivity contribution >= 4 is 29.5 Å². The summed E-state index contributed by atoms with van der Waals surface area (Å²) in [5.41, 5.74) is 0. The van der Waals surface area contributed by atoms with Gasteiger partial charge in [0.2, 0.25) is 11.8 Å². The molecule has 2 saturated heterocycles. The number of benzene rings is 1. The zero-order valence-electron chi connectivity index (χ0n) is 16.4. The number of ether oxygens (including phenoxy) is 1. The first-order chi connectivity index (χ1) is 13.1. The number of hydrogen-bond donors (Lipinski definition) is 2. The van der Waals surface area contributed by atoms with Gasteiger partial charge in [0.05, 0.1) is 6.42 Å². The van der Waals surface area contributed by atoms with Gasteiger partial charge in [-0.1, -0.05) is 32.0 Å². The molecule has 3 rings (SSSR count). The van der Waals surface area contributed by atoms with Gasteiger partial charge in [-0.25, -0.2) is 4.79 Å². The molecular weight excluding hydrogens is 380 g/mol. The fraction of sp³-hybridized carbons (Fsp3) is 0.550. The number of nitrogens with zero attached hydrogens (tertiary/aromatic N) is 1. The van der Waals surface area contributed by atoms with E-state index in [0.717, 1.165) is 0 Å². The summed E-state index contributed by atoms with van der Waals surface area (Å²) < 4.78 is 5.33. The van der Waals surface area contributed by atoms with Crippen LogP contribution in [0.4, 0.5) is 0 Å². The zero-order valence-corrected chi connectivity index (χ0v) is 17.2. The summed E-state index contributed by atoms with van der Waals surface area (Å²) in [4.78, 5) is 38.0. The molecule has 1 aromatic rings. The lowest BCUT2D eigenvalue weighted by atomic mass is 9.95. The molecule has 28 heavy (non-hydrogen) atoms. The van der Waals surface area contributed by atoms with Crippen LogP contribution in [0.15, 0.2) is 30.3 Å². The van der Waals surface area contributed by atoms with Gasteiger partial charge in [0, 0.05) is 4.75 Å². The molecule has 8 heteroatoms. The molecule has 7 nitrogen and oxygen atoms in total. The van der Waals surface area contributed by atoms with Gasteiger partial charge in [-0.05, 0) is 31.9 Å². The summed E-state index contributed by atoms with van der Waals surface area (Å²) >= 11 is 1.41. The molecule has 0 radical (unpaired) electrons. The molecule has 0 bridgehead atoms. The van der Waals surface area contributed by atoms with Gasteiger partial charge in [0.25, 0.3) is 0 Å². The van der Waals surface area contributed by atoms with Gasteiger partial charge < -0.3 is 20.1 Å². The highest BCUT2D eigenvalue weighted by Gasteiger charge is 2.64. The van der Waals surface area contributed by atoms with Crippen LogP contribution in [0.5, 0.6) is 5.75 Å². The topological polar surface area (TPSA) is 95.9 Å². The van der Waals surface area contributed by atoms with E-state index in [9.17, 15) is 19.5 Å². The number of rotatable bonds is 7. The maximum absolute atomic E-state index is 12.6. The normalized spacial score (nSPS) is 26.4. The first kappa shape index (κ1) is 20.5. The van der Waals surface area contributed by atoms with E-state index < -0.39 is 22.8 Å². The lowest BCUT2D eigenvalue weighted by Gasteiger charge is -2.43. The van der Waals surface area contributed by atoms with Gasteiger partial charge in [0.15, 0.2) is 0 Å². The van der Waals surface area contributed by atoms with Crippen molar-refractivity contribution in [1.29, 1.82) is 0 Å². The Labute approximate surface area is 168 Å². The summed E-state index contributed by atoms with van der Waals surface area (Å²) in [6.07, 6.45) is -0.201. The van der Waals surface area contributed by atoms with Crippen molar-refractivity contribution in [2.24, 2.45) is 5.92 Å². The first-order valence-electron chi connectivity index (χ1n) is 9.35. The summed E-state index contributed by atoms with van der Waals surface area (Å²) in [5, 5.41) is 11.9. The molecule has 152 valence electrons. The lowest BCUT2D eigenvalue weighted by Crippen LogP contribution is -2.70. The Morgan fingerprint density at radius 1 is 1.29 bits per heavy atom. The average molecular weight is 407 g/mol. The van der Waals surface area contributed by atoms with Crippen LogP contribution in [-0.4, -0.2) is 56.1 Å². The molecule has 0 aromatic heterocycles. The average Bonchev–Trinajstić information content (AvgIpc) is 2.88. The minimum absolute atomic E-state index is 0.107. The maximum Gasteiger partial charge on any atom is 0.327 e. The molecule has 4 atom stereocenters. The standard InChI is InChI=1S/C20H26N2O5S/c1-11(2)13(27-12-8-6-5-7-9-12)10-14(23)21-15-17(24)22-16(19(25)26)20(3,4)28-18(15)22/h5-9,11,13,15-16,18H,10H2,1-4H3,(H,21,23)(H,25,26)/t13?,15-,16+,18-/m1/s1. The fourth-order valence-electron chi connectivity index (χ4n) is 3.65. The summed E-state index contributed by atoms with van der Waals surface area (Å²) in [5.74, 6) is -0.832. The Morgan fingerprint density at radius 2 is 1.93 bits per heavy atom. The van der Waals surface area contributed by atoms with Crippen molar-refractivity contribution in [1.82, 2.24) is 10.2 Å². The summed E-state index contributed by atoms with van der Waals surface area (Å²) in [6, 6.07) is 7.73. The molecule has 2 aliphatic heterocycles. The molecule has 2 aliphatic rings. The van der Waals surface area contributed by atoms with Crippen molar-refractivity contribution < 1.29 is 24.2 Å². The van der Waals surface area contributed by atoms with E-state index in [-0.39, 0.29) is 35.6 Å². The molecule has 1 unspecified atom stereocenters. The van der Waals surface area contributed by atoms with Crippen LogP contribution in [0.3, 0.4) is 0 Å². The van der Waals surface area contributed by atoms with E-state index in [1.54, 1.807) is 0 Å². The van der Waals surface area contributed by atoms with E-state index in [1.165, 1.54) is 16.7 Å². The maximum atomic E-state index is 12.6. The van der Waals surface area contributed by atoms with E-state index in [0.29, 0.717) is 5.75 Å². The number of β-lactam (4-membered cyclic amide) rings is 1. The van der Waals surface area contributed by atoms with Crippen molar-refractivity contribution in [3.63, 3.8) is 0 Å². The SMILES string of the molecule is CC(C)C(CC(=O)N[C@@H]1C(=O)N2[C@@H]1SC(C)(C)[C@@H]2C(=O)O)Oc1ccccc1. The van der Waals surface area contributed by atoms with E-state index in [4.69, 9.17) is 4.74 Å². The zero-order chi connectivity index (χ0) is 20.6. The molecule has 2 N–H and O–H groups in total. The van der Waals surface area contributed by atoms with Crippen LogP contribution in [-0.2, 0) is 14.4 Å². The van der Waals surface area contributed by atoms with Crippen molar-refractivity contribution in [3.05, 3.63) is 30.3 Å². The Hall–Kier alpha value is -2.22. The molecule has 2 fully saturated rings. The smallest absolute Gasteiger partial charge is 0.327 e. The fourth-order valence-corrected chi connectivity index (χ4v) is 5.27. The number of hydrogen-bond acceptors (Lipinski definition) is 5. The van der Waals surface area contributed by atoms with Crippen LogP contribution < -0.4 is 10.1 Å². The van der Waals surface area contributed by atoms with Crippen molar-refractivity contribution in [2.45, 2.75) is 62.4 Å². The van der Waals surface area contributed by atoms with E-state index >= 15 is 0 Å². The number of carbonyl (C=O) groups excluding carboxylic acids is 2. The molecule has 1 aromatic carbocycles. The number of carboxylic acids is 1. The van der Waals surface area contributed by atoms with Gasteiger partial charge in [-0.2, -0.15) is 0 Å². The third-order valence-electron chi connectivity index (χ3n) is 5.15. The van der Waals surface area contributed by atoms with Gasteiger partial charge in [0.1, 0.15) is 29.3 Å². The highest BCUT2D eigenvalue weighted by molar-refractivity contribution is 8.01. The highest BCUT2D eigenvalue weighted by atomic mass is 32.2. The van der Waals surface area contributed by atoms with Gasteiger partial charge in [-0.3, -0.25) is 9.59 Å². The van der Waals surface area contributed by atoms with Gasteiger partial charge >= 0.3 is 5.97 Å². The predicted octanol–water partition coefficient (Wildman–Crippen LogP) is 2.11. The Morgan fingerprint density at radius 3 is 2.50 bits per heavy atom. The van der Waals surface area contributed by atoms with E-state index in [1.807, 2.05) is 58.0 Å². The first-order valence-corrected chi connectivity index (χ1v) is 10.2. The number of carboxylic acid groups (broad SMARTS) is 1. The second kappa shape index (κ2) is 7.66. The largest absolute Gasteiger partial charge is 0.490 e. The lowest BCUT2D eigenvalue weighted by molar-refractivity contribution is -0.161. The summed E-state index contributed by atoms with van der Waals surface area (Å²) in [6.45, 7) is 7.57. The Kier molecular flexibility index (Phi) is 5.61. The van der Waals surface area contributed by atoms with Crippen LogP contribution in [0.2, 0.25) is 0 Å². The predicted molar refractivity (Wildman–Crippen MR) is 106 cm³/mol. The second-order valence-electron chi connectivity index (χ2n) is 8.06. The molecule has 2 heterocycles. The number of fused-ring (bicyclic) bond motifs is 1. The van der Waals surface area contributed by atoms with Gasteiger partial charge in [-0.15, -0.1) is 11.8 Å². The number of thioether (sulfide) groups is 1. The molecule has 2 amide bonds. The number of nitrogens with one attached hydrogen (secondary N) is 1. The minimum Gasteiger partial charge on any atom is -0.490 e. The Bertz CT molecular complexity index is 767. The van der Waals surface area contributed by atoms with Crippen LogP contribution >= 0.6 is 11.8 Å². The molecule has 0 aliphatic carbocycles. The number of amides is 2. The minimum atomic E-state index is -1.02. The third kappa shape index (κ3) is 3.83. The third-order valence-corrected chi connectivity index (χ3v) is 6.72. The van der Waals surface area contributed by atoms with Crippen LogP contribution in [0, 0.1) is 5.92 Å². The monoisotopic (exact) mass is 406 g/mol. The quantitative estimate of drug-likeness (QED) is 0.674.